The highest BCUT2D eigenvalue weighted by molar-refractivity contribution is 7.99. The van der Waals surface area contributed by atoms with Gasteiger partial charge in [0.1, 0.15) is 11.6 Å². The van der Waals surface area contributed by atoms with Crippen LogP contribution >= 0.6 is 23.4 Å². The summed E-state index contributed by atoms with van der Waals surface area (Å²) in [4.78, 5) is 12.4. The van der Waals surface area contributed by atoms with Gasteiger partial charge in [-0.15, -0.1) is 10.2 Å². The number of aromatic nitrogens is 3. The van der Waals surface area contributed by atoms with Crippen molar-refractivity contribution in [1.29, 1.82) is 0 Å². The van der Waals surface area contributed by atoms with Gasteiger partial charge in [0.05, 0.1) is 5.75 Å². The summed E-state index contributed by atoms with van der Waals surface area (Å²) >= 11 is 7.31. The van der Waals surface area contributed by atoms with Crippen LogP contribution < -0.4 is 5.32 Å². The number of anilines is 1. The van der Waals surface area contributed by atoms with Gasteiger partial charge >= 0.3 is 0 Å². The number of carbonyl (C=O) groups excluding carboxylic acids is 1. The van der Waals surface area contributed by atoms with Crippen LogP contribution in [0.2, 0.25) is 5.02 Å². The smallest absolute Gasteiger partial charge is 0.234 e. The molecule has 0 atom stereocenters. The van der Waals surface area contributed by atoms with Gasteiger partial charge in [-0.3, -0.25) is 9.36 Å². The molecule has 0 saturated heterocycles. The third-order valence-corrected chi connectivity index (χ3v) is 5.61. The number of thioether (sulfide) groups is 1. The van der Waals surface area contributed by atoms with E-state index in [0.29, 0.717) is 22.3 Å². The highest BCUT2D eigenvalue weighted by Gasteiger charge is 2.16. The molecule has 1 heterocycles. The van der Waals surface area contributed by atoms with E-state index in [4.69, 9.17) is 11.6 Å². The lowest BCUT2D eigenvalue weighted by Gasteiger charge is -2.11. The van der Waals surface area contributed by atoms with Crippen LogP contribution in [0.5, 0.6) is 0 Å². The van der Waals surface area contributed by atoms with E-state index >= 15 is 0 Å². The molecule has 3 aromatic carbocycles. The first-order valence-corrected chi connectivity index (χ1v) is 10.9. The molecule has 31 heavy (non-hydrogen) atoms. The molecule has 1 amide bonds. The minimum atomic E-state index is -0.404. The molecule has 0 bridgehead atoms. The number of benzene rings is 3. The number of hydrogen-bond donors (Lipinski definition) is 1. The standard InChI is InChI=1S/C23H18ClFN4OS/c24-17-9-11-20(12-10-17)29-21(13-16-5-2-1-3-6-16)27-28-23(29)31-15-22(30)26-19-8-4-7-18(25)14-19/h1-12,14H,13,15H2,(H,26,30). The van der Waals surface area contributed by atoms with Gasteiger partial charge in [0.15, 0.2) is 5.16 Å². The molecule has 0 saturated carbocycles. The number of rotatable bonds is 7. The number of carbonyl (C=O) groups is 1. The predicted octanol–water partition coefficient (Wildman–Crippen LogP) is 5.38. The van der Waals surface area contributed by atoms with Gasteiger partial charge in [-0.2, -0.15) is 0 Å². The Balaban J connectivity index is 1.55. The van der Waals surface area contributed by atoms with Gasteiger partial charge in [0.25, 0.3) is 0 Å². The monoisotopic (exact) mass is 452 g/mol. The van der Waals surface area contributed by atoms with Crippen LogP contribution in [0.3, 0.4) is 0 Å². The first-order chi connectivity index (χ1) is 15.1. The van der Waals surface area contributed by atoms with E-state index in [2.05, 4.69) is 15.5 Å². The minimum absolute atomic E-state index is 0.105. The molecule has 0 aliphatic carbocycles. The van der Waals surface area contributed by atoms with E-state index < -0.39 is 5.82 Å². The summed E-state index contributed by atoms with van der Waals surface area (Å²) in [6.07, 6.45) is 0.590. The van der Waals surface area contributed by atoms with E-state index in [-0.39, 0.29) is 11.7 Å². The van der Waals surface area contributed by atoms with Gasteiger partial charge < -0.3 is 5.32 Å². The summed E-state index contributed by atoms with van der Waals surface area (Å²) in [5.41, 5.74) is 2.37. The molecule has 0 spiro atoms. The number of hydrogen-bond acceptors (Lipinski definition) is 4. The minimum Gasteiger partial charge on any atom is -0.325 e. The molecule has 0 unspecified atom stereocenters. The fourth-order valence-corrected chi connectivity index (χ4v) is 3.93. The van der Waals surface area contributed by atoms with Crippen LogP contribution in [0.15, 0.2) is 84.0 Å². The van der Waals surface area contributed by atoms with Crippen molar-refractivity contribution in [2.75, 3.05) is 11.1 Å². The number of nitrogens with one attached hydrogen (secondary N) is 1. The summed E-state index contributed by atoms with van der Waals surface area (Å²) in [5.74, 6) is 0.194. The molecule has 0 radical (unpaired) electrons. The Bertz CT molecular complexity index is 1180. The van der Waals surface area contributed by atoms with Crippen molar-refractivity contribution in [3.05, 3.63) is 101 Å². The second kappa shape index (κ2) is 9.76. The molecule has 0 aliphatic heterocycles. The van der Waals surface area contributed by atoms with Crippen molar-refractivity contribution >= 4 is 35.0 Å². The largest absolute Gasteiger partial charge is 0.325 e. The Kier molecular flexibility index (Phi) is 6.64. The average molecular weight is 453 g/mol. The zero-order chi connectivity index (χ0) is 21.6. The topological polar surface area (TPSA) is 59.8 Å². The van der Waals surface area contributed by atoms with E-state index in [9.17, 15) is 9.18 Å². The lowest BCUT2D eigenvalue weighted by Crippen LogP contribution is -2.14. The Morgan fingerprint density at radius 1 is 1.00 bits per heavy atom. The average Bonchev–Trinajstić information content (AvgIpc) is 3.16. The number of amides is 1. The highest BCUT2D eigenvalue weighted by Crippen LogP contribution is 2.25. The fourth-order valence-electron chi connectivity index (χ4n) is 3.03. The maximum absolute atomic E-state index is 13.3. The number of halogens is 2. The Hall–Kier alpha value is -3.16. The molecule has 1 N–H and O–H groups in total. The van der Waals surface area contributed by atoms with Gasteiger partial charge in [0.2, 0.25) is 5.91 Å². The summed E-state index contributed by atoms with van der Waals surface area (Å²) < 4.78 is 15.3. The van der Waals surface area contributed by atoms with Crippen LogP contribution in [0, 0.1) is 5.82 Å². The summed E-state index contributed by atoms with van der Waals surface area (Å²) in [6.45, 7) is 0. The first-order valence-electron chi connectivity index (χ1n) is 9.51. The SMILES string of the molecule is O=C(CSc1nnc(Cc2ccccc2)n1-c1ccc(Cl)cc1)Nc1cccc(F)c1. The summed E-state index contributed by atoms with van der Waals surface area (Å²) in [5, 5.41) is 12.6. The molecule has 0 fully saturated rings. The van der Waals surface area contributed by atoms with E-state index in [1.54, 1.807) is 24.3 Å². The zero-order valence-electron chi connectivity index (χ0n) is 16.3. The second-order valence-electron chi connectivity index (χ2n) is 6.72. The van der Waals surface area contributed by atoms with Gasteiger partial charge in [-0.25, -0.2) is 4.39 Å². The van der Waals surface area contributed by atoms with E-state index in [1.807, 2.05) is 47.0 Å². The van der Waals surface area contributed by atoms with Crippen molar-refractivity contribution in [2.45, 2.75) is 11.6 Å². The summed E-state index contributed by atoms with van der Waals surface area (Å²) in [7, 11) is 0. The van der Waals surface area contributed by atoms with Crippen LogP contribution in [-0.4, -0.2) is 26.4 Å². The lowest BCUT2D eigenvalue weighted by molar-refractivity contribution is -0.113. The van der Waals surface area contributed by atoms with Crippen LogP contribution in [-0.2, 0) is 11.2 Å². The molecule has 0 aliphatic rings. The molecule has 4 rings (SSSR count). The first kappa shape index (κ1) is 21.1. The summed E-state index contributed by atoms with van der Waals surface area (Å²) in [6, 6.07) is 23.1. The van der Waals surface area contributed by atoms with Crippen molar-refractivity contribution in [3.63, 3.8) is 0 Å². The van der Waals surface area contributed by atoms with Crippen LogP contribution in [0.25, 0.3) is 5.69 Å². The van der Waals surface area contributed by atoms with Gasteiger partial charge in [-0.05, 0) is 48.0 Å². The molecule has 4 aromatic rings. The molecule has 156 valence electrons. The molecular weight excluding hydrogens is 435 g/mol. The second-order valence-corrected chi connectivity index (χ2v) is 8.10. The Morgan fingerprint density at radius 3 is 2.52 bits per heavy atom. The normalized spacial score (nSPS) is 10.8. The maximum atomic E-state index is 13.3. The number of nitrogens with zero attached hydrogens (tertiary/aromatic N) is 3. The highest BCUT2D eigenvalue weighted by atomic mass is 35.5. The van der Waals surface area contributed by atoms with Crippen LogP contribution in [0.4, 0.5) is 10.1 Å². The fraction of sp³-hybridized carbons (Fsp3) is 0.0870. The lowest BCUT2D eigenvalue weighted by atomic mass is 10.1. The predicted molar refractivity (Wildman–Crippen MR) is 121 cm³/mol. The van der Waals surface area contributed by atoms with Crippen molar-refractivity contribution in [3.8, 4) is 5.69 Å². The van der Waals surface area contributed by atoms with E-state index in [1.165, 1.54) is 23.9 Å². The zero-order valence-corrected chi connectivity index (χ0v) is 17.9. The van der Waals surface area contributed by atoms with Crippen molar-refractivity contribution < 1.29 is 9.18 Å². The third kappa shape index (κ3) is 5.51. The van der Waals surface area contributed by atoms with Gasteiger partial charge in [0, 0.05) is 22.8 Å². The van der Waals surface area contributed by atoms with Gasteiger partial charge in [-0.1, -0.05) is 59.8 Å². The molecule has 1 aromatic heterocycles. The quantitative estimate of drug-likeness (QED) is 0.382. The maximum Gasteiger partial charge on any atom is 0.234 e. The third-order valence-electron chi connectivity index (χ3n) is 4.43. The van der Waals surface area contributed by atoms with Crippen molar-refractivity contribution in [1.82, 2.24) is 14.8 Å². The van der Waals surface area contributed by atoms with E-state index in [0.717, 1.165) is 17.1 Å². The van der Waals surface area contributed by atoms with Crippen molar-refractivity contribution in [2.24, 2.45) is 0 Å². The Labute approximate surface area is 188 Å². The van der Waals surface area contributed by atoms with Crippen LogP contribution in [0.1, 0.15) is 11.4 Å². The molecule has 8 heteroatoms. The Morgan fingerprint density at radius 2 is 1.77 bits per heavy atom. The molecule has 5 nitrogen and oxygen atoms in total. The molecular formula is C23H18ClFN4OS.